The van der Waals surface area contributed by atoms with E-state index in [2.05, 4.69) is 47.3 Å². The quantitative estimate of drug-likeness (QED) is 0.0943. The first-order valence-corrected chi connectivity index (χ1v) is 16.5. The van der Waals surface area contributed by atoms with Crippen LogP contribution in [0, 0.1) is 11.3 Å². The van der Waals surface area contributed by atoms with Crippen LogP contribution in [0.5, 0.6) is 11.5 Å². The van der Waals surface area contributed by atoms with E-state index < -0.39 is 0 Å². The number of halogens is 1. The smallest absolute Gasteiger partial charge is 0.298 e. The molecule has 1 aromatic rings. The number of aryl methyl sites for hydroxylation is 1. The topological polar surface area (TPSA) is 71.1 Å². The van der Waals surface area contributed by atoms with Crippen LogP contribution in [-0.2, 0) is 25.5 Å². The van der Waals surface area contributed by atoms with E-state index in [1.165, 1.54) is 24.0 Å². The Bertz CT molecular complexity index is 1270. The van der Waals surface area contributed by atoms with Gasteiger partial charge in [-0.05, 0) is 106 Å². The molecule has 2 rings (SSSR count). The van der Waals surface area contributed by atoms with Crippen LogP contribution in [0.2, 0.25) is 0 Å². The third-order valence-electron chi connectivity index (χ3n) is 7.06. The number of allylic oxidation sites excluding steroid dienone is 7. The fraction of sp³-hybridized carbons (Fsp3) is 0.487. The van der Waals surface area contributed by atoms with Gasteiger partial charge in [-0.2, -0.15) is 0 Å². The number of hydrogen-bond acceptors (Lipinski definition) is 6. The number of ether oxygens (including phenoxy) is 4. The molecule has 0 aliphatic heterocycles. The Labute approximate surface area is 283 Å². The van der Waals surface area contributed by atoms with Crippen molar-refractivity contribution in [2.24, 2.45) is 11.3 Å². The highest BCUT2D eigenvalue weighted by molar-refractivity contribution is 6.30. The van der Waals surface area contributed by atoms with Gasteiger partial charge in [-0.25, -0.2) is 0 Å². The Balaban J connectivity index is 0.00000112. The van der Waals surface area contributed by atoms with Gasteiger partial charge in [0, 0.05) is 16.7 Å². The predicted molar refractivity (Wildman–Crippen MR) is 192 cm³/mol. The van der Waals surface area contributed by atoms with Crippen LogP contribution < -0.4 is 9.47 Å². The average Bonchev–Trinajstić information content (AvgIpc) is 3.75. The van der Waals surface area contributed by atoms with Crippen molar-refractivity contribution >= 4 is 24.5 Å². The summed E-state index contributed by atoms with van der Waals surface area (Å²) in [6.45, 7) is 25.0. The summed E-state index contributed by atoms with van der Waals surface area (Å²) >= 11 is 5.75. The summed E-state index contributed by atoms with van der Waals surface area (Å²) in [5.41, 5.74) is 5.72. The van der Waals surface area contributed by atoms with E-state index in [4.69, 9.17) is 30.5 Å². The zero-order chi connectivity index (χ0) is 35.3. The fourth-order valence-electron chi connectivity index (χ4n) is 4.73. The predicted octanol–water partition coefficient (Wildman–Crippen LogP) is 11.0. The van der Waals surface area contributed by atoms with Crippen molar-refractivity contribution in [1.82, 2.24) is 0 Å². The minimum Gasteiger partial charge on any atom is -0.496 e. The van der Waals surface area contributed by atoms with E-state index in [1.54, 1.807) is 19.3 Å². The lowest BCUT2D eigenvalue weighted by Gasteiger charge is -2.17. The summed E-state index contributed by atoms with van der Waals surface area (Å²) in [5.74, 6) is 2.38. The van der Waals surface area contributed by atoms with E-state index >= 15 is 0 Å². The largest absolute Gasteiger partial charge is 0.496 e. The van der Waals surface area contributed by atoms with Crippen molar-refractivity contribution in [1.29, 1.82) is 0 Å². The van der Waals surface area contributed by atoms with Gasteiger partial charge < -0.3 is 18.9 Å². The van der Waals surface area contributed by atoms with E-state index in [0.717, 1.165) is 29.7 Å². The minimum atomic E-state index is -0.0309. The lowest BCUT2D eigenvalue weighted by molar-refractivity contribution is -0.128. The Morgan fingerprint density at radius 3 is 2.20 bits per heavy atom. The lowest BCUT2D eigenvalue weighted by atomic mass is 9.91. The van der Waals surface area contributed by atoms with E-state index in [1.807, 2.05) is 58.9 Å². The molecule has 1 aliphatic rings. The van der Waals surface area contributed by atoms with Gasteiger partial charge in [0.25, 0.3) is 12.9 Å². The van der Waals surface area contributed by atoms with Crippen LogP contribution in [0.15, 0.2) is 87.9 Å². The van der Waals surface area contributed by atoms with Crippen LogP contribution >= 0.6 is 11.6 Å². The van der Waals surface area contributed by atoms with Crippen LogP contribution in [-0.4, -0.2) is 26.7 Å². The van der Waals surface area contributed by atoms with Gasteiger partial charge in [0.05, 0.1) is 7.11 Å². The molecule has 6 nitrogen and oxygen atoms in total. The van der Waals surface area contributed by atoms with Gasteiger partial charge in [-0.15, -0.1) is 0 Å². The molecule has 0 atom stereocenters. The summed E-state index contributed by atoms with van der Waals surface area (Å²) in [7, 11) is 1.62. The van der Waals surface area contributed by atoms with Crippen LogP contribution in [0.3, 0.4) is 0 Å². The molecule has 1 aliphatic carbocycles. The van der Waals surface area contributed by atoms with Crippen molar-refractivity contribution in [3.05, 3.63) is 93.5 Å². The van der Waals surface area contributed by atoms with Crippen molar-refractivity contribution in [2.45, 2.75) is 101 Å². The summed E-state index contributed by atoms with van der Waals surface area (Å²) in [6.07, 6.45) is 12.9. The Hall–Kier alpha value is -3.51. The molecule has 0 bridgehead atoms. The van der Waals surface area contributed by atoms with Crippen LogP contribution in [0.25, 0.3) is 0 Å². The van der Waals surface area contributed by atoms with Gasteiger partial charge in [0.2, 0.25) is 0 Å². The van der Waals surface area contributed by atoms with Crippen molar-refractivity contribution in [2.75, 3.05) is 13.7 Å². The maximum atomic E-state index is 11.1. The summed E-state index contributed by atoms with van der Waals surface area (Å²) < 4.78 is 21.9. The second-order valence-electron chi connectivity index (χ2n) is 11.7. The summed E-state index contributed by atoms with van der Waals surface area (Å²) in [5, 5.41) is 0.612. The number of carbonyl (C=O) groups excluding carboxylic acids is 2. The Kier molecular flexibility index (Phi) is 21.2. The van der Waals surface area contributed by atoms with E-state index in [9.17, 15) is 9.59 Å². The molecule has 0 aromatic heterocycles. The molecule has 1 aromatic carbocycles. The number of rotatable bonds is 17. The molecule has 0 radical (unpaired) electrons. The molecule has 1 fully saturated rings. The maximum Gasteiger partial charge on any atom is 0.298 e. The van der Waals surface area contributed by atoms with Gasteiger partial charge in [-0.3, -0.25) is 9.59 Å². The molecule has 0 heterocycles. The maximum absolute atomic E-state index is 11.1. The second kappa shape index (κ2) is 22.9. The summed E-state index contributed by atoms with van der Waals surface area (Å²) in [6, 6.07) is 5.63. The van der Waals surface area contributed by atoms with Gasteiger partial charge in [0.15, 0.2) is 11.5 Å². The number of carbonyl (C=O) groups is 2. The first kappa shape index (κ1) is 42.5. The zero-order valence-corrected chi connectivity index (χ0v) is 30.8. The Morgan fingerprint density at radius 2 is 1.74 bits per heavy atom. The molecule has 0 N–H and O–H groups in total. The normalized spacial score (nSPS) is 14.3. The first-order chi connectivity index (χ1) is 21.8. The number of methoxy groups -OCH3 is 1. The molecule has 0 unspecified atom stereocenters. The number of hydrogen-bond donors (Lipinski definition) is 0. The number of benzene rings is 1. The van der Waals surface area contributed by atoms with Crippen LogP contribution in [0.4, 0.5) is 0 Å². The lowest BCUT2D eigenvalue weighted by Crippen LogP contribution is -2.10. The summed E-state index contributed by atoms with van der Waals surface area (Å²) in [4.78, 5) is 21.9. The van der Waals surface area contributed by atoms with E-state index in [0.29, 0.717) is 52.8 Å². The van der Waals surface area contributed by atoms with Gasteiger partial charge >= 0.3 is 0 Å². The van der Waals surface area contributed by atoms with Crippen LogP contribution in [0.1, 0.15) is 100 Å². The monoisotopic (exact) mass is 656 g/mol. The molecule has 0 amide bonds. The fourth-order valence-corrected chi connectivity index (χ4v) is 4.89. The second-order valence-corrected chi connectivity index (χ2v) is 12.2. The molecular formula is C39H57ClO6. The average molecular weight is 657 g/mol. The molecular weight excluding hydrogens is 600 g/mol. The zero-order valence-electron chi connectivity index (χ0n) is 30.1. The van der Waals surface area contributed by atoms with Gasteiger partial charge in [-0.1, -0.05) is 83.5 Å². The molecule has 7 heteroatoms. The molecule has 256 valence electrons. The molecule has 0 saturated heterocycles. The standard InChI is InChI=1S/C25H34O6.C12H17Cl.C2H6/c1-7-8-23(30-17-27)25(21(13-19(4)5)15-29-16-26)31-22-12-11-20(10-9-18(2)3)24(14-22)28-6;1-5-11(12(4)6-7-12)9(2)8-10(3)13;1-2/h8,11-14,16-18H,7,9-10,15H2,1-6H3;5,8H,3,6-7H2,1-2,4H3;1-2H3/b23-8+,25-21-;9-8-,11-5+;. The van der Waals surface area contributed by atoms with Gasteiger partial charge in [0.1, 0.15) is 18.1 Å². The highest BCUT2D eigenvalue weighted by Gasteiger charge is 2.40. The molecule has 46 heavy (non-hydrogen) atoms. The van der Waals surface area contributed by atoms with Crippen molar-refractivity contribution < 1.29 is 28.5 Å². The minimum absolute atomic E-state index is 0.0309. The third-order valence-corrected chi connectivity index (χ3v) is 7.17. The molecule has 0 spiro atoms. The van der Waals surface area contributed by atoms with E-state index in [-0.39, 0.29) is 12.4 Å². The van der Waals surface area contributed by atoms with Crippen molar-refractivity contribution in [3.8, 4) is 11.5 Å². The van der Waals surface area contributed by atoms with Crippen molar-refractivity contribution in [3.63, 3.8) is 0 Å². The Morgan fingerprint density at radius 1 is 1.09 bits per heavy atom. The molecule has 1 saturated carbocycles. The first-order valence-electron chi connectivity index (χ1n) is 16.1. The highest BCUT2D eigenvalue weighted by Crippen LogP contribution is 2.53. The SMILES string of the molecule is C=C(Cl)/C=C(C)\C(=C/C)C1(C)CC1.CC.CC/C=C(OC=O)\C(Oc1ccc(CCC(C)C)c(OC)c1)=C(/C=C(C)C)COC=O. The highest BCUT2D eigenvalue weighted by atomic mass is 35.5. The third kappa shape index (κ3) is 15.7.